The van der Waals surface area contributed by atoms with E-state index in [0.717, 1.165) is 12.5 Å². The van der Waals surface area contributed by atoms with Crippen molar-refractivity contribution in [2.75, 3.05) is 26.7 Å². The van der Waals surface area contributed by atoms with Crippen molar-refractivity contribution in [2.45, 2.75) is 117 Å². The Kier molecular flexibility index (Phi) is 21.9. The highest BCUT2D eigenvalue weighted by molar-refractivity contribution is 5.75. The molecule has 0 aliphatic heterocycles. The van der Waals surface area contributed by atoms with Crippen LogP contribution in [0.25, 0.3) is 0 Å². The van der Waals surface area contributed by atoms with E-state index < -0.39 is 0 Å². The lowest BCUT2D eigenvalue weighted by atomic mass is 9.93. The Morgan fingerprint density at radius 3 is 1.90 bits per heavy atom. The molecule has 0 aromatic rings. The smallest absolute Gasteiger partial charge is 0.185 e. The zero-order chi connectivity index (χ0) is 22.3. The van der Waals surface area contributed by atoms with Gasteiger partial charge in [0, 0.05) is 13.1 Å². The quantitative estimate of drug-likeness (QED) is 0.0888. The molecular weight excluding hydrogens is 368 g/mol. The third-order valence-corrected chi connectivity index (χ3v) is 6.03. The number of hydrogen-bond donors (Lipinski definition) is 2. The maximum Gasteiger partial charge on any atom is 0.185 e. The molecule has 0 amide bonds. The Morgan fingerprint density at radius 1 is 0.833 bits per heavy atom. The first-order valence-corrected chi connectivity index (χ1v) is 12.9. The number of guanidine groups is 1. The van der Waals surface area contributed by atoms with Crippen LogP contribution >= 0.6 is 0 Å². The largest absolute Gasteiger partial charge is 0.370 e. The molecule has 30 heavy (non-hydrogen) atoms. The summed E-state index contributed by atoms with van der Waals surface area (Å²) >= 11 is 0. The number of unbranched alkanes of at least 4 members (excludes halogenated alkanes) is 12. The fraction of sp³-hybridized carbons (Fsp3) is 0.885. The Hall–Kier alpha value is -1.03. The van der Waals surface area contributed by atoms with E-state index in [9.17, 15) is 0 Å². The molecule has 0 aromatic carbocycles. The van der Waals surface area contributed by atoms with Gasteiger partial charge in [-0.1, -0.05) is 96.1 Å². The van der Waals surface area contributed by atoms with E-state index in [1.807, 2.05) is 0 Å². The summed E-state index contributed by atoms with van der Waals surface area (Å²) in [6.45, 7) is 7.23. The SMILES string of the molecule is C/C=C\CCCCCCCCC(CCCCCCCCC)CN(C)CCN=C(N)N. The standard InChI is InChI=1S/C26H54N4/c1-4-6-8-10-12-13-15-17-19-21-25(20-18-16-14-11-9-7-5-2)24-30(3)23-22-29-26(27)28/h4,6,25H,5,7-24H2,1-3H3,(H4,27,28,29)/b6-4-. The maximum atomic E-state index is 5.45. The van der Waals surface area contributed by atoms with Crippen LogP contribution in [0.3, 0.4) is 0 Å². The molecule has 0 heterocycles. The van der Waals surface area contributed by atoms with Gasteiger partial charge in [0.15, 0.2) is 5.96 Å². The zero-order valence-corrected chi connectivity index (χ0v) is 20.7. The molecule has 0 aromatic heterocycles. The molecule has 0 fully saturated rings. The van der Waals surface area contributed by atoms with E-state index >= 15 is 0 Å². The molecule has 0 saturated heterocycles. The van der Waals surface area contributed by atoms with Crippen molar-refractivity contribution in [1.29, 1.82) is 0 Å². The van der Waals surface area contributed by atoms with E-state index in [1.54, 1.807) is 0 Å². The highest BCUT2D eigenvalue weighted by atomic mass is 15.1. The molecule has 0 aliphatic carbocycles. The lowest BCUT2D eigenvalue weighted by Crippen LogP contribution is -2.30. The molecule has 1 unspecified atom stereocenters. The van der Waals surface area contributed by atoms with E-state index in [-0.39, 0.29) is 5.96 Å². The number of nitrogens with two attached hydrogens (primary N) is 2. The summed E-state index contributed by atoms with van der Waals surface area (Å²) in [4.78, 5) is 6.55. The number of hydrogen-bond acceptors (Lipinski definition) is 2. The topological polar surface area (TPSA) is 67.6 Å². The van der Waals surface area contributed by atoms with Crippen LogP contribution < -0.4 is 11.5 Å². The summed E-state index contributed by atoms with van der Waals surface area (Å²) in [5.74, 6) is 1.02. The molecule has 0 rings (SSSR count). The summed E-state index contributed by atoms with van der Waals surface area (Å²) in [7, 11) is 2.21. The van der Waals surface area contributed by atoms with Crippen molar-refractivity contribution in [3.63, 3.8) is 0 Å². The van der Waals surface area contributed by atoms with Gasteiger partial charge in [-0.05, 0) is 45.6 Å². The van der Waals surface area contributed by atoms with Crippen molar-refractivity contribution in [1.82, 2.24) is 4.90 Å². The van der Waals surface area contributed by atoms with Crippen LogP contribution in [0.1, 0.15) is 117 Å². The molecule has 4 heteroatoms. The Morgan fingerprint density at radius 2 is 1.37 bits per heavy atom. The minimum atomic E-state index is 0.203. The summed E-state index contributed by atoms with van der Waals surface area (Å²) in [5.41, 5.74) is 10.9. The monoisotopic (exact) mass is 422 g/mol. The summed E-state index contributed by atoms with van der Waals surface area (Å²) in [5, 5.41) is 0. The average Bonchev–Trinajstić information content (AvgIpc) is 2.71. The van der Waals surface area contributed by atoms with Crippen LogP contribution in [0, 0.1) is 5.92 Å². The zero-order valence-electron chi connectivity index (χ0n) is 20.7. The van der Waals surface area contributed by atoms with Crippen molar-refractivity contribution in [3.8, 4) is 0 Å². The van der Waals surface area contributed by atoms with Gasteiger partial charge in [-0.25, -0.2) is 0 Å². The van der Waals surface area contributed by atoms with Gasteiger partial charge in [0.25, 0.3) is 0 Å². The molecule has 1 atom stereocenters. The van der Waals surface area contributed by atoms with E-state index in [2.05, 4.69) is 42.9 Å². The molecular formula is C26H54N4. The predicted octanol–water partition coefficient (Wildman–Crippen LogP) is 6.65. The Labute approximate surface area is 189 Å². The van der Waals surface area contributed by atoms with E-state index in [0.29, 0.717) is 6.54 Å². The van der Waals surface area contributed by atoms with Crippen LogP contribution in [-0.4, -0.2) is 37.5 Å². The molecule has 4 nitrogen and oxygen atoms in total. The number of aliphatic imine (C=N–C) groups is 1. The van der Waals surface area contributed by atoms with Crippen molar-refractivity contribution < 1.29 is 0 Å². The van der Waals surface area contributed by atoms with Crippen LogP contribution in [0.15, 0.2) is 17.1 Å². The van der Waals surface area contributed by atoms with E-state index in [1.165, 1.54) is 109 Å². The normalized spacial score (nSPS) is 12.7. The van der Waals surface area contributed by atoms with Gasteiger partial charge in [0.1, 0.15) is 0 Å². The molecule has 178 valence electrons. The summed E-state index contributed by atoms with van der Waals surface area (Å²) < 4.78 is 0. The maximum absolute atomic E-state index is 5.45. The molecule has 0 aliphatic rings. The van der Waals surface area contributed by atoms with Gasteiger partial charge in [0.2, 0.25) is 0 Å². The van der Waals surface area contributed by atoms with Crippen LogP contribution in [0.5, 0.6) is 0 Å². The first-order valence-electron chi connectivity index (χ1n) is 12.9. The summed E-state index contributed by atoms with van der Waals surface area (Å²) in [6, 6.07) is 0. The second-order valence-corrected chi connectivity index (χ2v) is 9.11. The first-order chi connectivity index (χ1) is 14.6. The minimum Gasteiger partial charge on any atom is -0.370 e. The first kappa shape index (κ1) is 29.0. The van der Waals surface area contributed by atoms with Crippen LogP contribution in [0.2, 0.25) is 0 Å². The number of likely N-dealkylation sites (N-methyl/N-ethyl adjacent to an activating group) is 1. The minimum absolute atomic E-state index is 0.203. The second-order valence-electron chi connectivity index (χ2n) is 9.11. The fourth-order valence-corrected chi connectivity index (χ4v) is 4.17. The third-order valence-electron chi connectivity index (χ3n) is 6.03. The van der Waals surface area contributed by atoms with E-state index in [4.69, 9.17) is 11.5 Å². The second kappa shape index (κ2) is 22.7. The van der Waals surface area contributed by atoms with Gasteiger partial charge in [-0.3, -0.25) is 4.99 Å². The predicted molar refractivity (Wildman–Crippen MR) is 136 cm³/mol. The summed E-state index contributed by atoms with van der Waals surface area (Å²) in [6.07, 6.45) is 26.6. The fourth-order valence-electron chi connectivity index (χ4n) is 4.17. The molecule has 4 N–H and O–H groups in total. The van der Waals surface area contributed by atoms with Gasteiger partial charge in [-0.15, -0.1) is 0 Å². The highest BCUT2D eigenvalue weighted by Crippen LogP contribution is 2.20. The van der Waals surface area contributed by atoms with Gasteiger partial charge < -0.3 is 16.4 Å². The van der Waals surface area contributed by atoms with Gasteiger partial charge >= 0.3 is 0 Å². The lowest BCUT2D eigenvalue weighted by Gasteiger charge is -2.24. The molecule has 0 radical (unpaired) electrons. The Balaban J connectivity index is 4.05. The van der Waals surface area contributed by atoms with Crippen molar-refractivity contribution in [2.24, 2.45) is 22.4 Å². The van der Waals surface area contributed by atoms with Gasteiger partial charge in [-0.2, -0.15) is 0 Å². The van der Waals surface area contributed by atoms with Crippen LogP contribution in [-0.2, 0) is 0 Å². The number of rotatable bonds is 22. The van der Waals surface area contributed by atoms with Crippen molar-refractivity contribution in [3.05, 3.63) is 12.2 Å². The molecule has 0 bridgehead atoms. The average molecular weight is 423 g/mol. The molecule has 0 spiro atoms. The lowest BCUT2D eigenvalue weighted by molar-refractivity contribution is 0.255. The van der Waals surface area contributed by atoms with Crippen molar-refractivity contribution >= 4 is 5.96 Å². The molecule has 0 saturated carbocycles. The van der Waals surface area contributed by atoms with Gasteiger partial charge in [0.05, 0.1) is 6.54 Å². The third kappa shape index (κ3) is 21.7. The highest BCUT2D eigenvalue weighted by Gasteiger charge is 2.11. The Bertz CT molecular complexity index is 402. The number of nitrogens with zero attached hydrogens (tertiary/aromatic N) is 2. The number of allylic oxidation sites excluding steroid dienone is 2. The van der Waals surface area contributed by atoms with Crippen LogP contribution in [0.4, 0.5) is 0 Å².